The molecule has 2 aromatic rings. The molecule has 19 heavy (non-hydrogen) atoms. The summed E-state index contributed by atoms with van der Waals surface area (Å²) in [5, 5.41) is 7.97. The van der Waals surface area contributed by atoms with E-state index < -0.39 is 17.3 Å². The summed E-state index contributed by atoms with van der Waals surface area (Å²) < 4.78 is 28.4. The normalized spacial score (nSPS) is 23.0. The molecule has 0 saturated carbocycles. The number of aliphatic hydroxyl groups excluding tert-OH is 1. The van der Waals surface area contributed by atoms with Crippen LogP contribution in [0.25, 0.3) is 11.2 Å². The minimum absolute atomic E-state index is 0.0904. The lowest BCUT2D eigenvalue weighted by atomic mass is 10.3. The van der Waals surface area contributed by atoms with Gasteiger partial charge in [-0.25, -0.2) is 9.37 Å². The Labute approximate surface area is 110 Å². The minimum atomic E-state index is -0.988. The van der Waals surface area contributed by atoms with E-state index in [-0.39, 0.29) is 28.8 Å². The Bertz CT molecular complexity index is 673. The Kier molecular flexibility index (Phi) is 2.86. The molecule has 1 aliphatic heterocycles. The van der Waals surface area contributed by atoms with Crippen LogP contribution >= 0.6 is 11.8 Å². The molecule has 0 unspecified atom stereocenters. The van der Waals surface area contributed by atoms with Gasteiger partial charge in [0.2, 0.25) is 0 Å². The van der Waals surface area contributed by atoms with Gasteiger partial charge >= 0.3 is 6.08 Å². The van der Waals surface area contributed by atoms with Gasteiger partial charge in [-0.1, -0.05) is 0 Å². The molecule has 0 aliphatic carbocycles. The van der Waals surface area contributed by atoms with Crippen LogP contribution in [0.1, 0.15) is 5.37 Å². The molecule has 3 rings (SSSR count). The Balaban J connectivity index is 2.10. The first-order chi connectivity index (χ1) is 9.10. The minimum Gasteiger partial charge on any atom is -0.395 e. The van der Waals surface area contributed by atoms with E-state index in [1.807, 2.05) is 0 Å². The summed E-state index contributed by atoms with van der Waals surface area (Å²) in [7, 11) is 0. The van der Waals surface area contributed by atoms with Gasteiger partial charge in [-0.05, 0) is 6.08 Å². The number of nitrogens with two attached hydrogens (primary N) is 1. The number of halogens is 2. The number of nitrogens with zero attached hydrogens (tertiary/aromatic N) is 4. The first-order valence-corrected chi connectivity index (χ1v) is 6.33. The van der Waals surface area contributed by atoms with Crippen LogP contribution in [0.4, 0.5) is 14.6 Å². The molecule has 0 amide bonds. The lowest BCUT2D eigenvalue weighted by Gasteiger charge is -2.13. The number of aromatic nitrogens is 4. The highest BCUT2D eigenvalue weighted by atomic mass is 32.2. The molecule has 3 heterocycles. The van der Waals surface area contributed by atoms with Crippen molar-refractivity contribution < 1.29 is 13.9 Å². The van der Waals surface area contributed by atoms with E-state index >= 15 is 0 Å². The number of hydrogen-bond acceptors (Lipinski definition) is 6. The Morgan fingerprint density at radius 3 is 2.89 bits per heavy atom. The number of thioether (sulfide) groups is 1. The molecule has 2 aromatic heterocycles. The third kappa shape index (κ3) is 1.94. The molecule has 0 fully saturated rings. The zero-order valence-electron chi connectivity index (χ0n) is 9.49. The second-order valence-corrected chi connectivity index (χ2v) is 5.29. The largest absolute Gasteiger partial charge is 0.395 e. The maximum atomic E-state index is 13.8. The van der Waals surface area contributed by atoms with Crippen LogP contribution in [0.2, 0.25) is 0 Å². The summed E-state index contributed by atoms with van der Waals surface area (Å²) in [5.41, 5.74) is 5.89. The average Bonchev–Trinajstić information content (AvgIpc) is 2.92. The highest BCUT2D eigenvalue weighted by molar-refractivity contribution is 8.00. The molecule has 1 aliphatic rings. The zero-order valence-corrected chi connectivity index (χ0v) is 10.3. The number of hydrogen-bond donors (Lipinski definition) is 2. The molecule has 0 spiro atoms. The lowest BCUT2D eigenvalue weighted by molar-refractivity contribution is 0.307. The highest BCUT2D eigenvalue weighted by Crippen LogP contribution is 2.43. The van der Waals surface area contributed by atoms with E-state index in [1.165, 1.54) is 28.7 Å². The summed E-state index contributed by atoms with van der Waals surface area (Å²) in [4.78, 5) is 10.9. The molecule has 3 N–H and O–H groups in total. The van der Waals surface area contributed by atoms with E-state index in [0.29, 0.717) is 0 Å². The van der Waals surface area contributed by atoms with Crippen molar-refractivity contribution in [2.24, 2.45) is 0 Å². The van der Waals surface area contributed by atoms with Gasteiger partial charge in [-0.3, -0.25) is 4.57 Å². The second-order valence-electron chi connectivity index (χ2n) is 3.96. The van der Waals surface area contributed by atoms with E-state index in [4.69, 9.17) is 10.8 Å². The van der Waals surface area contributed by atoms with Crippen molar-refractivity contribution >= 4 is 28.7 Å². The topological polar surface area (TPSA) is 89.9 Å². The molecule has 0 bridgehead atoms. The van der Waals surface area contributed by atoms with Gasteiger partial charge in [0.15, 0.2) is 11.5 Å². The smallest absolute Gasteiger partial charge is 0.312 e. The predicted octanol–water partition coefficient (Wildman–Crippen LogP) is 1.01. The van der Waals surface area contributed by atoms with Gasteiger partial charge in [-0.15, -0.1) is 11.8 Å². The third-order valence-corrected chi connectivity index (χ3v) is 4.08. The zero-order chi connectivity index (χ0) is 13.6. The molecular weight excluding hydrogens is 276 g/mol. The fourth-order valence-corrected chi connectivity index (χ4v) is 3.03. The van der Waals surface area contributed by atoms with Gasteiger partial charge in [0.1, 0.15) is 16.7 Å². The van der Waals surface area contributed by atoms with Crippen molar-refractivity contribution in [2.75, 3.05) is 12.3 Å². The average molecular weight is 285 g/mol. The van der Waals surface area contributed by atoms with E-state index in [1.54, 1.807) is 0 Å². The second kappa shape index (κ2) is 4.42. The summed E-state index contributed by atoms with van der Waals surface area (Å²) >= 11 is 1.18. The van der Waals surface area contributed by atoms with Crippen LogP contribution in [-0.4, -0.2) is 36.5 Å². The maximum Gasteiger partial charge on any atom is 0.312 e. The highest BCUT2D eigenvalue weighted by Gasteiger charge is 2.30. The fourth-order valence-electron chi connectivity index (χ4n) is 1.91. The van der Waals surface area contributed by atoms with Gasteiger partial charge in [0.25, 0.3) is 0 Å². The molecule has 9 heteroatoms. The van der Waals surface area contributed by atoms with Crippen molar-refractivity contribution in [1.29, 1.82) is 0 Å². The summed E-state index contributed by atoms with van der Waals surface area (Å²) in [6, 6.07) is 0. The monoisotopic (exact) mass is 285 g/mol. The molecule has 6 nitrogen and oxygen atoms in total. The van der Waals surface area contributed by atoms with E-state index in [2.05, 4.69) is 15.0 Å². The number of rotatable bonds is 2. The van der Waals surface area contributed by atoms with Gasteiger partial charge in [0, 0.05) is 0 Å². The predicted molar refractivity (Wildman–Crippen MR) is 66.4 cm³/mol. The first kappa shape index (κ1) is 12.3. The van der Waals surface area contributed by atoms with Crippen LogP contribution in [0, 0.1) is 6.08 Å². The van der Waals surface area contributed by atoms with Crippen molar-refractivity contribution in [2.45, 2.75) is 10.6 Å². The Morgan fingerprint density at radius 2 is 2.21 bits per heavy atom. The van der Waals surface area contributed by atoms with Crippen LogP contribution < -0.4 is 5.73 Å². The number of fused-ring (bicyclic) bond motifs is 1. The van der Waals surface area contributed by atoms with Crippen molar-refractivity contribution in [3.63, 3.8) is 0 Å². The van der Waals surface area contributed by atoms with Gasteiger partial charge < -0.3 is 10.8 Å². The van der Waals surface area contributed by atoms with Crippen LogP contribution in [0.3, 0.4) is 0 Å². The van der Waals surface area contributed by atoms with Crippen molar-refractivity contribution in [1.82, 2.24) is 19.5 Å². The van der Waals surface area contributed by atoms with E-state index in [0.717, 1.165) is 0 Å². The summed E-state index contributed by atoms with van der Waals surface area (Å²) in [5.74, 6) is -0.520. The van der Waals surface area contributed by atoms with Gasteiger partial charge in [0.05, 0.1) is 18.2 Å². The molecular formula is C10H9F2N5OS. The molecule has 0 aromatic carbocycles. The standard InChI is InChI=1S/C10H9F2N5OS/c11-5-1-4(2-18)19-9(5)17-3-14-6-7(13)15-10(12)16-8(6)17/h1,3-4,9,18H,2H2,(H2,13,15,16)/t4-,9+/m0/s1. The van der Waals surface area contributed by atoms with Crippen LogP contribution in [-0.2, 0) is 0 Å². The molecule has 100 valence electrons. The number of nitrogen functional groups attached to an aromatic ring is 1. The fraction of sp³-hybridized carbons (Fsp3) is 0.300. The van der Waals surface area contributed by atoms with Crippen molar-refractivity contribution in [3.8, 4) is 0 Å². The molecule has 0 radical (unpaired) electrons. The lowest BCUT2D eigenvalue weighted by Crippen LogP contribution is -2.07. The third-order valence-electron chi connectivity index (χ3n) is 2.74. The first-order valence-electron chi connectivity index (χ1n) is 5.39. The van der Waals surface area contributed by atoms with Crippen molar-refractivity contribution in [3.05, 3.63) is 24.3 Å². The van der Waals surface area contributed by atoms with Crippen LogP contribution in [0.15, 0.2) is 18.2 Å². The number of aliphatic hydroxyl groups is 1. The maximum absolute atomic E-state index is 13.8. The van der Waals surface area contributed by atoms with E-state index in [9.17, 15) is 8.78 Å². The number of anilines is 1. The quantitative estimate of drug-likeness (QED) is 0.800. The Hall–Kier alpha value is -1.74. The Morgan fingerprint density at radius 1 is 1.42 bits per heavy atom. The van der Waals surface area contributed by atoms with Crippen LogP contribution in [0.5, 0.6) is 0 Å². The van der Waals surface area contributed by atoms with Gasteiger partial charge in [-0.2, -0.15) is 14.4 Å². The summed E-state index contributed by atoms with van der Waals surface area (Å²) in [6.07, 6.45) is 1.67. The molecule has 2 atom stereocenters. The SMILES string of the molecule is Nc1nc(F)nc2c1ncn2[C@@H]1S[C@H](CO)C=C1F. The number of imidazole rings is 1. The molecule has 0 saturated heterocycles. The summed E-state index contributed by atoms with van der Waals surface area (Å²) in [6.45, 7) is -0.174.